The summed E-state index contributed by atoms with van der Waals surface area (Å²) in [5.74, 6) is 0.397. The summed E-state index contributed by atoms with van der Waals surface area (Å²) in [5, 5.41) is 2.93. The van der Waals surface area contributed by atoms with E-state index in [2.05, 4.69) is 5.32 Å². The van der Waals surface area contributed by atoms with Crippen LogP contribution in [-0.2, 0) is 9.59 Å². The summed E-state index contributed by atoms with van der Waals surface area (Å²) < 4.78 is 5.70. The molecule has 3 rings (SSSR count). The van der Waals surface area contributed by atoms with Crippen molar-refractivity contribution < 1.29 is 14.3 Å². The van der Waals surface area contributed by atoms with Crippen molar-refractivity contribution in [1.82, 2.24) is 4.90 Å². The van der Waals surface area contributed by atoms with Gasteiger partial charge in [0.05, 0.1) is 24.8 Å². The van der Waals surface area contributed by atoms with E-state index in [4.69, 9.17) is 4.74 Å². The maximum atomic E-state index is 12.8. The molecule has 0 spiro atoms. The van der Waals surface area contributed by atoms with E-state index in [1.54, 1.807) is 11.1 Å². The number of carbonyl (C=O) groups excluding carboxylic acids is 2. The summed E-state index contributed by atoms with van der Waals surface area (Å²) in [5.41, 5.74) is 2.64. The van der Waals surface area contributed by atoms with Crippen LogP contribution >= 0.6 is 0 Å². The van der Waals surface area contributed by atoms with Gasteiger partial charge in [-0.3, -0.25) is 9.59 Å². The second-order valence-electron chi connectivity index (χ2n) is 6.48. The van der Waals surface area contributed by atoms with Crippen LogP contribution in [0.1, 0.15) is 43.9 Å². The molecule has 1 aliphatic heterocycles. The van der Waals surface area contributed by atoms with Gasteiger partial charge in [-0.1, -0.05) is 43.3 Å². The molecule has 1 heterocycles. The summed E-state index contributed by atoms with van der Waals surface area (Å²) in [7, 11) is 0. The predicted octanol–water partition coefficient (Wildman–Crippen LogP) is 4.38. The fourth-order valence-electron chi connectivity index (χ4n) is 3.20. The van der Waals surface area contributed by atoms with Gasteiger partial charge in [0.15, 0.2) is 0 Å². The average Bonchev–Trinajstić information content (AvgIpc) is 2.67. The van der Waals surface area contributed by atoms with Gasteiger partial charge in [-0.05, 0) is 35.8 Å². The molecular weight excluding hydrogens is 340 g/mol. The highest BCUT2D eigenvalue weighted by molar-refractivity contribution is 5.93. The van der Waals surface area contributed by atoms with E-state index in [1.807, 2.05) is 61.5 Å². The highest BCUT2D eigenvalue weighted by Gasteiger charge is 2.28. The Morgan fingerprint density at radius 2 is 1.85 bits per heavy atom. The van der Waals surface area contributed by atoms with Crippen LogP contribution < -0.4 is 10.1 Å². The highest BCUT2D eigenvalue weighted by atomic mass is 16.5. The Bertz CT molecular complexity index is 860. The first-order valence-electron chi connectivity index (χ1n) is 9.18. The minimum atomic E-state index is -0.326. The van der Waals surface area contributed by atoms with Crippen LogP contribution in [0.2, 0.25) is 0 Å². The van der Waals surface area contributed by atoms with Crippen LogP contribution in [-0.4, -0.2) is 23.3 Å². The Kier molecular flexibility index (Phi) is 5.91. The topological polar surface area (TPSA) is 58.6 Å². The molecule has 0 radical (unpaired) electrons. The van der Waals surface area contributed by atoms with Crippen molar-refractivity contribution >= 4 is 23.6 Å². The van der Waals surface area contributed by atoms with Crippen molar-refractivity contribution in [3.8, 4) is 5.75 Å². The van der Waals surface area contributed by atoms with Crippen molar-refractivity contribution in [3.63, 3.8) is 0 Å². The largest absolute Gasteiger partial charge is 0.491 e. The number of hydrogen-bond donors (Lipinski definition) is 1. The third-order valence-electron chi connectivity index (χ3n) is 4.47. The van der Waals surface area contributed by atoms with Gasteiger partial charge in [-0.15, -0.1) is 0 Å². The first-order valence-corrected chi connectivity index (χ1v) is 9.18. The Morgan fingerprint density at radius 3 is 2.63 bits per heavy atom. The molecule has 0 fully saturated rings. The lowest BCUT2D eigenvalue weighted by Crippen LogP contribution is -2.33. The number of hydrogen-bond acceptors (Lipinski definition) is 3. The van der Waals surface area contributed by atoms with Gasteiger partial charge < -0.3 is 15.0 Å². The monoisotopic (exact) mass is 364 g/mol. The maximum Gasteiger partial charge on any atom is 0.226 e. The standard InChI is InChI=1S/C22H24N2O3/c1-3-14-27-21-11-7-6-10-19(21)23-22(26)15-20-18-9-5-4-8-17(18)12-13-24(20)16(2)25/h4-13,20H,3,14-15H2,1-2H3,(H,23,26)/t20-/m1/s1. The molecule has 0 bridgehead atoms. The van der Waals surface area contributed by atoms with Crippen molar-refractivity contribution in [3.05, 3.63) is 65.9 Å². The lowest BCUT2D eigenvalue weighted by molar-refractivity contribution is -0.129. The number of para-hydroxylation sites is 2. The maximum absolute atomic E-state index is 12.8. The predicted molar refractivity (Wildman–Crippen MR) is 106 cm³/mol. The average molecular weight is 364 g/mol. The lowest BCUT2D eigenvalue weighted by Gasteiger charge is -2.32. The number of nitrogens with one attached hydrogen (secondary N) is 1. The highest BCUT2D eigenvalue weighted by Crippen LogP contribution is 2.33. The van der Waals surface area contributed by atoms with Crippen molar-refractivity contribution in [1.29, 1.82) is 0 Å². The smallest absolute Gasteiger partial charge is 0.226 e. The molecule has 0 aliphatic carbocycles. The third-order valence-corrected chi connectivity index (χ3v) is 4.47. The summed E-state index contributed by atoms with van der Waals surface area (Å²) in [6.07, 6.45) is 4.71. The molecule has 0 saturated carbocycles. The zero-order chi connectivity index (χ0) is 19.2. The molecule has 2 aromatic carbocycles. The fraction of sp³-hybridized carbons (Fsp3) is 0.273. The summed E-state index contributed by atoms with van der Waals surface area (Å²) in [6.45, 7) is 4.13. The molecule has 140 valence electrons. The third kappa shape index (κ3) is 4.37. The zero-order valence-corrected chi connectivity index (χ0v) is 15.6. The normalized spacial score (nSPS) is 15.2. The molecule has 1 atom stereocenters. The van der Waals surface area contributed by atoms with Gasteiger partial charge in [0.2, 0.25) is 11.8 Å². The van der Waals surface area contributed by atoms with Crippen LogP contribution in [0.25, 0.3) is 6.08 Å². The number of nitrogens with zero attached hydrogens (tertiary/aromatic N) is 1. The minimum Gasteiger partial charge on any atom is -0.491 e. The van der Waals surface area contributed by atoms with E-state index in [-0.39, 0.29) is 24.3 Å². The van der Waals surface area contributed by atoms with Crippen LogP contribution in [0.15, 0.2) is 54.7 Å². The molecule has 0 saturated heterocycles. The van der Waals surface area contributed by atoms with Crippen molar-refractivity contribution in [2.45, 2.75) is 32.7 Å². The van der Waals surface area contributed by atoms with Crippen molar-refractivity contribution in [2.24, 2.45) is 0 Å². The fourth-order valence-corrected chi connectivity index (χ4v) is 3.20. The van der Waals surface area contributed by atoms with Crippen molar-refractivity contribution in [2.75, 3.05) is 11.9 Å². The number of ether oxygens (including phenoxy) is 1. The van der Waals surface area contributed by atoms with Gasteiger partial charge in [0, 0.05) is 13.1 Å². The summed E-state index contributed by atoms with van der Waals surface area (Å²) >= 11 is 0. The molecule has 1 aliphatic rings. The number of carbonyl (C=O) groups is 2. The van der Waals surface area contributed by atoms with E-state index in [9.17, 15) is 9.59 Å². The van der Waals surface area contributed by atoms with Crippen LogP contribution in [0, 0.1) is 0 Å². The number of rotatable bonds is 6. The number of benzene rings is 2. The van der Waals surface area contributed by atoms with Crippen LogP contribution in [0.4, 0.5) is 5.69 Å². The first-order chi connectivity index (χ1) is 13.1. The minimum absolute atomic E-state index is 0.0924. The Hall–Kier alpha value is -3.08. The van der Waals surface area contributed by atoms with E-state index >= 15 is 0 Å². The van der Waals surface area contributed by atoms with E-state index < -0.39 is 0 Å². The van der Waals surface area contributed by atoms with Gasteiger partial charge >= 0.3 is 0 Å². The Morgan fingerprint density at radius 1 is 1.11 bits per heavy atom. The molecule has 0 aromatic heterocycles. The molecule has 2 aromatic rings. The Balaban J connectivity index is 1.78. The molecule has 0 unspecified atom stereocenters. The summed E-state index contributed by atoms with van der Waals surface area (Å²) in [6, 6.07) is 14.9. The molecule has 5 nitrogen and oxygen atoms in total. The number of amides is 2. The van der Waals surface area contributed by atoms with E-state index in [1.165, 1.54) is 6.92 Å². The number of fused-ring (bicyclic) bond motifs is 1. The number of anilines is 1. The zero-order valence-electron chi connectivity index (χ0n) is 15.6. The molecule has 27 heavy (non-hydrogen) atoms. The van der Waals surface area contributed by atoms with Gasteiger partial charge in [0.25, 0.3) is 0 Å². The molecule has 1 N–H and O–H groups in total. The van der Waals surface area contributed by atoms with E-state index in [0.717, 1.165) is 17.5 Å². The molecular formula is C22H24N2O3. The van der Waals surface area contributed by atoms with Gasteiger partial charge in [0.1, 0.15) is 5.75 Å². The van der Waals surface area contributed by atoms with E-state index in [0.29, 0.717) is 18.0 Å². The second-order valence-corrected chi connectivity index (χ2v) is 6.48. The lowest BCUT2D eigenvalue weighted by atomic mass is 9.93. The SMILES string of the molecule is CCCOc1ccccc1NC(=O)C[C@@H]1c2ccccc2C=CN1C(C)=O. The van der Waals surface area contributed by atoms with Crippen LogP contribution in [0.3, 0.4) is 0 Å². The molecule has 5 heteroatoms. The van der Waals surface area contributed by atoms with Crippen LogP contribution in [0.5, 0.6) is 5.75 Å². The summed E-state index contributed by atoms with van der Waals surface area (Å²) in [4.78, 5) is 26.4. The first kappa shape index (κ1) is 18.7. The molecule has 2 amide bonds. The Labute approximate surface area is 159 Å². The quantitative estimate of drug-likeness (QED) is 0.828. The van der Waals surface area contributed by atoms with Gasteiger partial charge in [-0.25, -0.2) is 0 Å². The van der Waals surface area contributed by atoms with Gasteiger partial charge in [-0.2, -0.15) is 0 Å². The second kappa shape index (κ2) is 8.54.